The van der Waals surface area contributed by atoms with Crippen molar-refractivity contribution >= 4 is 44.5 Å². The number of nitrogens with zero attached hydrogens (tertiary/aromatic N) is 1. The quantitative estimate of drug-likeness (QED) is 0.784. The molecule has 0 saturated carbocycles. The highest BCUT2D eigenvalue weighted by atomic mass is 35.5. The Balaban J connectivity index is 1.85. The summed E-state index contributed by atoms with van der Waals surface area (Å²) >= 11 is 9.22. The molecule has 5 heteroatoms. The van der Waals surface area contributed by atoms with Gasteiger partial charge in [-0.15, -0.1) is 22.7 Å². The van der Waals surface area contributed by atoms with Crippen molar-refractivity contribution in [2.75, 3.05) is 0 Å². The minimum Gasteiger partial charge on any atom is -0.322 e. The molecule has 2 N–H and O–H groups in total. The Labute approximate surface area is 118 Å². The minimum atomic E-state index is -0.0582. The van der Waals surface area contributed by atoms with Crippen LogP contribution in [-0.4, -0.2) is 4.98 Å². The van der Waals surface area contributed by atoms with E-state index in [2.05, 4.69) is 11.1 Å². The fourth-order valence-electron chi connectivity index (χ4n) is 1.81. The standard InChI is InChI=1S/C13H11ClN2S2/c14-8-5-9(17-7-8)6-10(15)13-16-11-3-1-2-4-12(11)18-13/h1-5,7,10H,6,15H2. The largest absolute Gasteiger partial charge is 0.322 e. The first-order chi connectivity index (χ1) is 8.72. The van der Waals surface area contributed by atoms with Crippen molar-refractivity contribution in [1.29, 1.82) is 0 Å². The summed E-state index contributed by atoms with van der Waals surface area (Å²) in [6.07, 6.45) is 0.789. The molecule has 0 saturated heterocycles. The van der Waals surface area contributed by atoms with Crippen LogP contribution < -0.4 is 5.73 Å². The van der Waals surface area contributed by atoms with Crippen LogP contribution in [0, 0.1) is 0 Å². The summed E-state index contributed by atoms with van der Waals surface area (Å²) < 4.78 is 1.19. The Morgan fingerprint density at radius 2 is 2.17 bits per heavy atom. The molecule has 0 aliphatic rings. The molecule has 0 radical (unpaired) electrons. The van der Waals surface area contributed by atoms with Gasteiger partial charge in [0.25, 0.3) is 0 Å². The van der Waals surface area contributed by atoms with E-state index in [9.17, 15) is 0 Å². The number of para-hydroxylation sites is 1. The fraction of sp³-hybridized carbons (Fsp3) is 0.154. The maximum atomic E-state index is 6.21. The summed E-state index contributed by atoms with van der Waals surface area (Å²) in [5.74, 6) is 0. The normalized spacial score (nSPS) is 13.0. The maximum Gasteiger partial charge on any atom is 0.111 e. The third kappa shape index (κ3) is 2.42. The average Bonchev–Trinajstić information content (AvgIpc) is 2.95. The van der Waals surface area contributed by atoms with E-state index in [1.165, 1.54) is 9.58 Å². The van der Waals surface area contributed by atoms with Gasteiger partial charge in [-0.2, -0.15) is 0 Å². The first-order valence-electron chi connectivity index (χ1n) is 5.56. The van der Waals surface area contributed by atoms with Crippen LogP contribution in [0.1, 0.15) is 15.9 Å². The van der Waals surface area contributed by atoms with Gasteiger partial charge in [0.1, 0.15) is 5.01 Å². The zero-order valence-electron chi connectivity index (χ0n) is 9.47. The Kier molecular flexibility index (Phi) is 3.35. The fourth-order valence-corrected chi connectivity index (χ4v) is 3.92. The second-order valence-corrected chi connectivity index (χ2v) is 6.56. The molecule has 18 heavy (non-hydrogen) atoms. The van der Waals surface area contributed by atoms with Crippen molar-refractivity contribution in [2.24, 2.45) is 5.73 Å². The molecular formula is C13H11ClN2S2. The lowest BCUT2D eigenvalue weighted by Crippen LogP contribution is -2.12. The van der Waals surface area contributed by atoms with Crippen molar-refractivity contribution in [3.05, 3.63) is 50.6 Å². The Hall–Kier alpha value is -0.940. The summed E-state index contributed by atoms with van der Waals surface area (Å²) in [4.78, 5) is 5.78. The number of fused-ring (bicyclic) bond motifs is 1. The van der Waals surface area contributed by atoms with Gasteiger partial charge >= 0.3 is 0 Å². The molecule has 0 amide bonds. The second-order valence-electron chi connectivity index (χ2n) is 4.06. The molecule has 3 aromatic rings. The minimum absolute atomic E-state index is 0.0582. The van der Waals surface area contributed by atoms with E-state index in [0.29, 0.717) is 0 Å². The van der Waals surface area contributed by atoms with Gasteiger partial charge in [0.15, 0.2) is 0 Å². The Morgan fingerprint density at radius 1 is 1.33 bits per heavy atom. The molecule has 2 heterocycles. The van der Waals surface area contributed by atoms with E-state index in [4.69, 9.17) is 17.3 Å². The van der Waals surface area contributed by atoms with Crippen molar-refractivity contribution < 1.29 is 0 Å². The summed E-state index contributed by atoms with van der Waals surface area (Å²) in [5, 5.41) is 3.70. The van der Waals surface area contributed by atoms with Gasteiger partial charge in [0.05, 0.1) is 21.3 Å². The van der Waals surface area contributed by atoms with Gasteiger partial charge < -0.3 is 5.73 Å². The number of thiazole rings is 1. The van der Waals surface area contributed by atoms with Crippen LogP contribution in [0.25, 0.3) is 10.2 Å². The third-order valence-electron chi connectivity index (χ3n) is 2.67. The zero-order valence-corrected chi connectivity index (χ0v) is 11.9. The van der Waals surface area contributed by atoms with Crippen LogP contribution in [0.15, 0.2) is 35.7 Å². The van der Waals surface area contributed by atoms with E-state index in [0.717, 1.165) is 22.0 Å². The summed E-state index contributed by atoms with van der Waals surface area (Å²) in [6, 6.07) is 10.0. The van der Waals surface area contributed by atoms with Crippen molar-refractivity contribution in [1.82, 2.24) is 4.98 Å². The van der Waals surface area contributed by atoms with E-state index in [1.807, 2.05) is 29.6 Å². The molecule has 0 bridgehead atoms. The van der Waals surface area contributed by atoms with Gasteiger partial charge in [-0.05, 0) is 18.2 Å². The van der Waals surface area contributed by atoms with Gasteiger partial charge in [-0.3, -0.25) is 0 Å². The Bertz CT molecular complexity index is 641. The lowest BCUT2D eigenvalue weighted by molar-refractivity contribution is 0.725. The van der Waals surface area contributed by atoms with E-state index in [1.54, 1.807) is 22.7 Å². The molecule has 0 spiro atoms. The van der Waals surface area contributed by atoms with Gasteiger partial charge in [-0.25, -0.2) is 4.98 Å². The summed E-state index contributed by atoms with van der Waals surface area (Å²) in [7, 11) is 0. The van der Waals surface area contributed by atoms with E-state index < -0.39 is 0 Å². The SMILES string of the molecule is NC(Cc1cc(Cl)cs1)c1nc2ccccc2s1. The lowest BCUT2D eigenvalue weighted by atomic mass is 10.2. The number of hydrogen-bond acceptors (Lipinski definition) is 4. The summed E-state index contributed by atoms with van der Waals surface area (Å²) in [5.41, 5.74) is 7.24. The molecule has 0 fully saturated rings. The first kappa shape index (κ1) is 12.1. The highest BCUT2D eigenvalue weighted by Crippen LogP contribution is 2.29. The number of benzene rings is 1. The molecule has 0 aliphatic heterocycles. The molecule has 0 aliphatic carbocycles. The monoisotopic (exact) mass is 294 g/mol. The number of halogens is 1. The smallest absolute Gasteiger partial charge is 0.111 e. The number of thiophene rings is 1. The molecule has 2 nitrogen and oxygen atoms in total. The predicted molar refractivity (Wildman–Crippen MR) is 79.6 cm³/mol. The van der Waals surface area contributed by atoms with E-state index in [-0.39, 0.29) is 6.04 Å². The molecular weight excluding hydrogens is 284 g/mol. The van der Waals surface area contributed by atoms with Crippen LogP contribution in [-0.2, 0) is 6.42 Å². The van der Waals surface area contributed by atoms with Crippen molar-refractivity contribution in [3.8, 4) is 0 Å². The molecule has 1 unspecified atom stereocenters. The van der Waals surface area contributed by atoms with Crippen LogP contribution in [0.2, 0.25) is 5.02 Å². The first-order valence-corrected chi connectivity index (χ1v) is 7.64. The molecule has 92 valence electrons. The average molecular weight is 295 g/mol. The maximum absolute atomic E-state index is 6.21. The van der Waals surface area contributed by atoms with Gasteiger partial charge in [-0.1, -0.05) is 23.7 Å². The number of hydrogen-bond donors (Lipinski definition) is 1. The van der Waals surface area contributed by atoms with Crippen LogP contribution >= 0.6 is 34.3 Å². The zero-order chi connectivity index (χ0) is 12.5. The molecule has 1 atom stereocenters. The van der Waals surface area contributed by atoms with Crippen molar-refractivity contribution in [3.63, 3.8) is 0 Å². The molecule has 1 aromatic carbocycles. The number of nitrogens with two attached hydrogens (primary N) is 1. The van der Waals surface area contributed by atoms with Crippen LogP contribution in [0.5, 0.6) is 0 Å². The lowest BCUT2D eigenvalue weighted by Gasteiger charge is -2.05. The number of aromatic nitrogens is 1. The highest BCUT2D eigenvalue weighted by molar-refractivity contribution is 7.18. The van der Waals surface area contributed by atoms with Gasteiger partial charge in [0.2, 0.25) is 0 Å². The van der Waals surface area contributed by atoms with Crippen LogP contribution in [0.4, 0.5) is 0 Å². The molecule has 3 rings (SSSR count). The third-order valence-corrected chi connectivity index (χ3v) is 5.15. The highest BCUT2D eigenvalue weighted by Gasteiger charge is 2.13. The van der Waals surface area contributed by atoms with E-state index >= 15 is 0 Å². The molecule has 2 aromatic heterocycles. The topological polar surface area (TPSA) is 38.9 Å². The van der Waals surface area contributed by atoms with Crippen LogP contribution in [0.3, 0.4) is 0 Å². The van der Waals surface area contributed by atoms with Crippen molar-refractivity contribution in [2.45, 2.75) is 12.5 Å². The summed E-state index contributed by atoms with van der Waals surface area (Å²) in [6.45, 7) is 0. The van der Waals surface area contributed by atoms with Gasteiger partial charge in [0, 0.05) is 16.7 Å². The Morgan fingerprint density at radius 3 is 2.89 bits per heavy atom. The number of rotatable bonds is 3. The predicted octanol–water partition coefficient (Wildman–Crippen LogP) is 4.25. The second kappa shape index (κ2) is 4.97.